The number of piperidine rings is 1. The molecule has 1 unspecified atom stereocenters. The maximum absolute atomic E-state index is 12.2. The number of sulfonamides is 1. The molecule has 0 amide bonds. The van der Waals surface area contributed by atoms with E-state index in [0.717, 1.165) is 25.1 Å². The predicted molar refractivity (Wildman–Crippen MR) is 82.5 cm³/mol. The van der Waals surface area contributed by atoms with E-state index in [1.54, 1.807) is 6.20 Å². The molecule has 2 heterocycles. The zero-order chi connectivity index (χ0) is 14.8. The molecule has 1 saturated heterocycles. The first-order valence-corrected chi connectivity index (χ1v) is 9.37. The standard InChI is InChI=1S/C15H23N3O2S/c19-21(20,11-6-13-4-1-2-9-16-13)18-14-5-10-17-15(12-14)7-3-8-15/h1-2,4,9,14,17-18H,3,5-8,10-12H2. The molecule has 1 atom stereocenters. The number of nitrogens with one attached hydrogen (secondary N) is 2. The molecule has 1 aliphatic carbocycles. The Morgan fingerprint density at radius 3 is 2.90 bits per heavy atom. The molecule has 2 aliphatic rings. The van der Waals surface area contributed by atoms with Crippen molar-refractivity contribution >= 4 is 10.0 Å². The van der Waals surface area contributed by atoms with Crippen LogP contribution >= 0.6 is 0 Å². The van der Waals surface area contributed by atoms with E-state index < -0.39 is 10.0 Å². The Kier molecular flexibility index (Phi) is 4.28. The zero-order valence-electron chi connectivity index (χ0n) is 12.2. The van der Waals surface area contributed by atoms with Gasteiger partial charge >= 0.3 is 0 Å². The van der Waals surface area contributed by atoms with Crippen LogP contribution in [0.25, 0.3) is 0 Å². The van der Waals surface area contributed by atoms with Crippen molar-refractivity contribution in [1.29, 1.82) is 0 Å². The monoisotopic (exact) mass is 309 g/mol. The van der Waals surface area contributed by atoms with Gasteiger partial charge in [0.05, 0.1) is 5.75 Å². The first kappa shape index (κ1) is 14.9. The average Bonchev–Trinajstić information content (AvgIpc) is 2.45. The lowest BCUT2D eigenvalue weighted by molar-refractivity contribution is 0.126. The van der Waals surface area contributed by atoms with Gasteiger partial charge in [0.15, 0.2) is 0 Å². The quantitative estimate of drug-likeness (QED) is 0.858. The number of hydrogen-bond acceptors (Lipinski definition) is 4. The number of rotatable bonds is 5. The van der Waals surface area contributed by atoms with Gasteiger partial charge in [-0.15, -0.1) is 0 Å². The van der Waals surface area contributed by atoms with E-state index in [9.17, 15) is 8.42 Å². The molecular weight excluding hydrogens is 286 g/mol. The summed E-state index contributed by atoms with van der Waals surface area (Å²) in [5.41, 5.74) is 1.04. The molecule has 2 fully saturated rings. The maximum Gasteiger partial charge on any atom is 0.212 e. The molecule has 1 aliphatic heterocycles. The summed E-state index contributed by atoms with van der Waals surface area (Å²) in [5.74, 6) is 0.112. The molecule has 1 aromatic rings. The smallest absolute Gasteiger partial charge is 0.212 e. The van der Waals surface area contributed by atoms with E-state index in [0.29, 0.717) is 6.42 Å². The van der Waals surface area contributed by atoms with Gasteiger partial charge in [0.2, 0.25) is 10.0 Å². The lowest BCUT2D eigenvalue weighted by atomic mass is 9.70. The van der Waals surface area contributed by atoms with E-state index in [1.807, 2.05) is 18.2 Å². The molecular formula is C15H23N3O2S. The highest BCUT2D eigenvalue weighted by atomic mass is 32.2. The number of nitrogens with zero attached hydrogens (tertiary/aromatic N) is 1. The second-order valence-corrected chi connectivity index (χ2v) is 8.13. The summed E-state index contributed by atoms with van der Waals surface area (Å²) >= 11 is 0. The van der Waals surface area contributed by atoms with Crippen LogP contribution in [0.4, 0.5) is 0 Å². The SMILES string of the molecule is O=S(=O)(CCc1ccccn1)NC1CCNC2(CCC2)C1. The topological polar surface area (TPSA) is 71.1 Å². The Labute approximate surface area is 126 Å². The van der Waals surface area contributed by atoms with Gasteiger partial charge in [-0.2, -0.15) is 0 Å². The fourth-order valence-electron chi connectivity index (χ4n) is 3.34. The van der Waals surface area contributed by atoms with Crippen LogP contribution in [0, 0.1) is 0 Å². The normalized spacial score (nSPS) is 24.7. The summed E-state index contributed by atoms with van der Waals surface area (Å²) in [6, 6.07) is 5.67. The molecule has 0 bridgehead atoms. The maximum atomic E-state index is 12.2. The lowest BCUT2D eigenvalue weighted by Crippen LogP contribution is -2.59. The highest BCUT2D eigenvalue weighted by Gasteiger charge is 2.41. The fraction of sp³-hybridized carbons (Fsp3) is 0.667. The summed E-state index contributed by atoms with van der Waals surface area (Å²) in [5, 5.41) is 3.56. The van der Waals surface area contributed by atoms with Crippen LogP contribution in [0.5, 0.6) is 0 Å². The molecule has 0 aromatic carbocycles. The van der Waals surface area contributed by atoms with Crippen molar-refractivity contribution < 1.29 is 8.42 Å². The van der Waals surface area contributed by atoms with E-state index in [2.05, 4.69) is 15.0 Å². The van der Waals surface area contributed by atoms with Crippen LogP contribution in [0.3, 0.4) is 0 Å². The highest BCUT2D eigenvalue weighted by Crippen LogP contribution is 2.38. The number of hydrogen-bond donors (Lipinski definition) is 2. The van der Waals surface area contributed by atoms with Crippen molar-refractivity contribution in [2.24, 2.45) is 0 Å². The van der Waals surface area contributed by atoms with Crippen molar-refractivity contribution in [3.8, 4) is 0 Å². The summed E-state index contributed by atoms with van der Waals surface area (Å²) in [6.45, 7) is 0.910. The molecule has 2 N–H and O–H groups in total. The molecule has 21 heavy (non-hydrogen) atoms. The lowest BCUT2D eigenvalue weighted by Gasteiger charge is -2.48. The minimum absolute atomic E-state index is 0.0836. The van der Waals surface area contributed by atoms with E-state index in [1.165, 1.54) is 19.3 Å². The highest BCUT2D eigenvalue weighted by molar-refractivity contribution is 7.89. The summed E-state index contributed by atoms with van der Waals surface area (Å²) in [7, 11) is -3.23. The number of aromatic nitrogens is 1. The predicted octanol–water partition coefficient (Wildman–Crippen LogP) is 1.22. The molecule has 6 heteroatoms. The van der Waals surface area contributed by atoms with Crippen LogP contribution in [0.2, 0.25) is 0 Å². The first-order valence-electron chi connectivity index (χ1n) is 7.72. The van der Waals surface area contributed by atoms with Crippen LogP contribution in [-0.2, 0) is 16.4 Å². The van der Waals surface area contributed by atoms with Crippen LogP contribution in [0.15, 0.2) is 24.4 Å². The minimum atomic E-state index is -3.23. The molecule has 1 saturated carbocycles. The Balaban J connectivity index is 1.53. The third-order valence-electron chi connectivity index (χ3n) is 4.64. The Hall–Kier alpha value is -0.980. The van der Waals surface area contributed by atoms with Gasteiger partial charge in [0.1, 0.15) is 0 Å². The van der Waals surface area contributed by atoms with Gasteiger partial charge in [0.25, 0.3) is 0 Å². The van der Waals surface area contributed by atoms with Crippen LogP contribution in [-0.4, -0.2) is 37.3 Å². The molecule has 0 radical (unpaired) electrons. The average molecular weight is 309 g/mol. The number of pyridine rings is 1. The van der Waals surface area contributed by atoms with Gasteiger partial charge in [-0.3, -0.25) is 4.98 Å². The van der Waals surface area contributed by atoms with E-state index in [-0.39, 0.29) is 17.3 Å². The Morgan fingerprint density at radius 2 is 2.24 bits per heavy atom. The van der Waals surface area contributed by atoms with Crippen LogP contribution < -0.4 is 10.0 Å². The Morgan fingerprint density at radius 1 is 1.38 bits per heavy atom. The summed E-state index contributed by atoms with van der Waals surface area (Å²) in [6.07, 6.45) is 7.58. The molecule has 1 aromatic heterocycles. The van der Waals surface area contributed by atoms with Gasteiger partial charge < -0.3 is 5.32 Å². The van der Waals surface area contributed by atoms with Gasteiger partial charge in [-0.1, -0.05) is 6.07 Å². The van der Waals surface area contributed by atoms with Gasteiger partial charge in [-0.05, 0) is 50.8 Å². The Bertz CT molecular complexity index is 570. The largest absolute Gasteiger partial charge is 0.311 e. The van der Waals surface area contributed by atoms with Gasteiger partial charge in [-0.25, -0.2) is 13.1 Å². The third-order valence-corrected chi connectivity index (χ3v) is 6.07. The van der Waals surface area contributed by atoms with Crippen molar-refractivity contribution in [1.82, 2.24) is 15.0 Å². The second-order valence-electron chi connectivity index (χ2n) is 6.26. The van der Waals surface area contributed by atoms with Crippen molar-refractivity contribution in [2.75, 3.05) is 12.3 Å². The molecule has 3 rings (SSSR count). The molecule has 116 valence electrons. The second kappa shape index (κ2) is 6.02. The molecule has 5 nitrogen and oxygen atoms in total. The van der Waals surface area contributed by atoms with Crippen LogP contribution in [0.1, 0.15) is 37.8 Å². The minimum Gasteiger partial charge on any atom is -0.311 e. The third kappa shape index (κ3) is 3.81. The first-order chi connectivity index (χ1) is 10.1. The van der Waals surface area contributed by atoms with Crippen molar-refractivity contribution in [2.45, 2.75) is 50.1 Å². The summed E-state index contributed by atoms with van der Waals surface area (Å²) < 4.78 is 27.4. The van der Waals surface area contributed by atoms with Gasteiger partial charge in [0, 0.05) is 29.9 Å². The number of aryl methyl sites for hydroxylation is 1. The van der Waals surface area contributed by atoms with E-state index in [4.69, 9.17) is 0 Å². The van der Waals surface area contributed by atoms with E-state index >= 15 is 0 Å². The zero-order valence-corrected chi connectivity index (χ0v) is 13.0. The summed E-state index contributed by atoms with van der Waals surface area (Å²) in [4.78, 5) is 4.17. The fourth-order valence-corrected chi connectivity index (χ4v) is 4.65. The van der Waals surface area contributed by atoms with Crippen molar-refractivity contribution in [3.63, 3.8) is 0 Å². The van der Waals surface area contributed by atoms with Crippen molar-refractivity contribution in [3.05, 3.63) is 30.1 Å². The molecule has 1 spiro atoms.